The molecule has 0 saturated heterocycles. The number of nitrogens with zero attached hydrogens (tertiary/aromatic N) is 3. The van der Waals surface area contributed by atoms with Gasteiger partial charge in [-0.25, -0.2) is 4.98 Å². The highest BCUT2D eigenvalue weighted by atomic mass is 16.5. The fraction of sp³-hybridized carbons (Fsp3) is 0.278. The second kappa shape index (κ2) is 6.70. The van der Waals surface area contributed by atoms with Gasteiger partial charge >= 0.3 is 0 Å². The number of anilines is 1. The van der Waals surface area contributed by atoms with Crippen molar-refractivity contribution in [2.45, 2.75) is 26.8 Å². The molecule has 0 unspecified atom stereocenters. The predicted molar refractivity (Wildman–Crippen MR) is 92.0 cm³/mol. The van der Waals surface area contributed by atoms with Gasteiger partial charge in [0, 0.05) is 11.6 Å². The van der Waals surface area contributed by atoms with E-state index in [-0.39, 0.29) is 6.04 Å². The van der Waals surface area contributed by atoms with E-state index in [9.17, 15) is 0 Å². The summed E-state index contributed by atoms with van der Waals surface area (Å²) in [5.74, 6) is 1.62. The van der Waals surface area contributed by atoms with Crippen LogP contribution in [0.4, 0.5) is 5.69 Å². The zero-order valence-electron chi connectivity index (χ0n) is 14.2. The summed E-state index contributed by atoms with van der Waals surface area (Å²) in [5.41, 5.74) is 4.22. The lowest BCUT2D eigenvalue weighted by molar-refractivity contribution is 0.398. The summed E-state index contributed by atoms with van der Waals surface area (Å²) in [6.07, 6.45) is 1.70. The Hall–Kier alpha value is -2.89. The van der Waals surface area contributed by atoms with Gasteiger partial charge in [0.1, 0.15) is 6.04 Å². The smallest absolute Gasteiger partial charge is 0.247 e. The Morgan fingerprint density at radius 3 is 2.58 bits per heavy atom. The van der Waals surface area contributed by atoms with E-state index < -0.39 is 0 Å². The van der Waals surface area contributed by atoms with Crippen LogP contribution in [0.2, 0.25) is 0 Å². The molecule has 1 N–H and O–H groups in total. The summed E-state index contributed by atoms with van der Waals surface area (Å²) in [4.78, 5) is 4.16. The van der Waals surface area contributed by atoms with E-state index in [1.807, 2.05) is 19.1 Å². The van der Waals surface area contributed by atoms with Crippen LogP contribution in [0.15, 0.2) is 40.9 Å². The van der Waals surface area contributed by atoms with Gasteiger partial charge in [-0.15, -0.1) is 10.2 Å². The largest absolute Gasteiger partial charge is 0.481 e. The Labute approximate surface area is 140 Å². The summed E-state index contributed by atoms with van der Waals surface area (Å²) in [5, 5.41) is 11.6. The zero-order chi connectivity index (χ0) is 17.1. The Bertz CT molecular complexity index is 827. The van der Waals surface area contributed by atoms with Crippen molar-refractivity contribution in [3.63, 3.8) is 0 Å². The van der Waals surface area contributed by atoms with Gasteiger partial charge in [0.05, 0.1) is 19.0 Å². The highest BCUT2D eigenvalue weighted by Crippen LogP contribution is 2.24. The molecule has 0 aliphatic heterocycles. The van der Waals surface area contributed by atoms with Gasteiger partial charge < -0.3 is 14.5 Å². The lowest BCUT2D eigenvalue weighted by atomic mass is 10.1. The van der Waals surface area contributed by atoms with Crippen molar-refractivity contribution in [1.29, 1.82) is 0 Å². The molecule has 2 aromatic heterocycles. The van der Waals surface area contributed by atoms with Gasteiger partial charge in [0.2, 0.25) is 17.7 Å². The van der Waals surface area contributed by atoms with E-state index in [1.54, 1.807) is 19.4 Å². The molecule has 0 radical (unpaired) electrons. The van der Waals surface area contributed by atoms with Crippen molar-refractivity contribution >= 4 is 5.69 Å². The van der Waals surface area contributed by atoms with E-state index >= 15 is 0 Å². The van der Waals surface area contributed by atoms with Crippen LogP contribution in [0.3, 0.4) is 0 Å². The minimum Gasteiger partial charge on any atom is -0.481 e. The number of nitrogens with one attached hydrogen (secondary N) is 1. The summed E-state index contributed by atoms with van der Waals surface area (Å²) in [7, 11) is 1.59. The average molecular weight is 324 g/mol. The third-order valence-electron chi connectivity index (χ3n) is 3.89. The fourth-order valence-corrected chi connectivity index (χ4v) is 2.30. The molecule has 0 bridgehead atoms. The maximum Gasteiger partial charge on any atom is 0.247 e. The van der Waals surface area contributed by atoms with Gasteiger partial charge in [0.25, 0.3) is 0 Å². The lowest BCUT2D eigenvalue weighted by Gasteiger charge is -2.11. The molecular formula is C18H20N4O2. The van der Waals surface area contributed by atoms with Gasteiger partial charge in [-0.3, -0.25) is 0 Å². The molecule has 6 heteroatoms. The first-order chi connectivity index (χ1) is 11.6. The Kier molecular flexibility index (Phi) is 4.46. The van der Waals surface area contributed by atoms with E-state index in [2.05, 4.69) is 46.5 Å². The number of aryl methyl sites for hydroxylation is 2. The van der Waals surface area contributed by atoms with E-state index in [0.717, 1.165) is 11.3 Å². The first-order valence-electron chi connectivity index (χ1n) is 7.74. The third kappa shape index (κ3) is 3.37. The van der Waals surface area contributed by atoms with Gasteiger partial charge in [-0.2, -0.15) is 0 Å². The van der Waals surface area contributed by atoms with Gasteiger partial charge in [-0.1, -0.05) is 6.07 Å². The molecule has 0 amide bonds. The summed E-state index contributed by atoms with van der Waals surface area (Å²) >= 11 is 0. The number of hydrogen-bond acceptors (Lipinski definition) is 6. The topological polar surface area (TPSA) is 73.1 Å². The molecule has 0 saturated carbocycles. The van der Waals surface area contributed by atoms with Gasteiger partial charge in [-0.05, 0) is 50.1 Å². The van der Waals surface area contributed by atoms with Crippen LogP contribution in [0.1, 0.15) is 30.0 Å². The van der Waals surface area contributed by atoms with Crippen molar-refractivity contribution in [2.75, 3.05) is 12.4 Å². The van der Waals surface area contributed by atoms with Crippen LogP contribution in [0.5, 0.6) is 5.88 Å². The van der Waals surface area contributed by atoms with Crippen LogP contribution in [-0.2, 0) is 0 Å². The Morgan fingerprint density at radius 2 is 1.92 bits per heavy atom. The molecule has 1 atom stereocenters. The standard InChI is InChI=1S/C18H20N4O2/c1-11-5-6-14(9-12(11)2)18-22-21-17(24-18)13(3)20-15-7-8-16(23-4)19-10-15/h5-10,13,20H,1-4H3/t13-/m1/s1. The van der Waals surface area contributed by atoms with Crippen molar-refractivity contribution in [3.8, 4) is 17.3 Å². The van der Waals surface area contributed by atoms with Crippen molar-refractivity contribution in [1.82, 2.24) is 15.2 Å². The number of aromatic nitrogens is 3. The van der Waals surface area contributed by atoms with Crippen LogP contribution in [-0.4, -0.2) is 22.3 Å². The molecule has 2 heterocycles. The quantitative estimate of drug-likeness (QED) is 0.766. The second-order valence-electron chi connectivity index (χ2n) is 5.70. The monoisotopic (exact) mass is 324 g/mol. The van der Waals surface area contributed by atoms with Crippen molar-refractivity contribution < 1.29 is 9.15 Å². The number of benzene rings is 1. The van der Waals surface area contributed by atoms with Crippen molar-refractivity contribution in [3.05, 3.63) is 53.5 Å². The van der Waals surface area contributed by atoms with E-state index in [4.69, 9.17) is 9.15 Å². The molecule has 3 rings (SSSR count). The molecule has 0 spiro atoms. The number of hydrogen-bond donors (Lipinski definition) is 1. The molecule has 3 aromatic rings. The third-order valence-corrected chi connectivity index (χ3v) is 3.89. The van der Waals surface area contributed by atoms with Gasteiger partial charge in [0.15, 0.2) is 0 Å². The molecule has 124 valence electrons. The van der Waals surface area contributed by atoms with Crippen LogP contribution in [0, 0.1) is 13.8 Å². The lowest BCUT2D eigenvalue weighted by Crippen LogP contribution is -2.07. The van der Waals surface area contributed by atoms with Crippen LogP contribution < -0.4 is 10.1 Å². The number of rotatable bonds is 5. The number of ether oxygens (including phenoxy) is 1. The van der Waals surface area contributed by atoms with E-state index in [0.29, 0.717) is 17.7 Å². The highest BCUT2D eigenvalue weighted by Gasteiger charge is 2.15. The first kappa shape index (κ1) is 16.0. The maximum atomic E-state index is 5.81. The molecule has 6 nitrogen and oxygen atoms in total. The molecule has 24 heavy (non-hydrogen) atoms. The number of pyridine rings is 1. The SMILES string of the molecule is COc1ccc(N[C@H](C)c2nnc(-c3ccc(C)c(C)c3)o2)cn1. The Balaban J connectivity index is 1.75. The van der Waals surface area contributed by atoms with Crippen LogP contribution >= 0.6 is 0 Å². The fourth-order valence-electron chi connectivity index (χ4n) is 2.30. The Morgan fingerprint density at radius 1 is 1.08 bits per heavy atom. The average Bonchev–Trinajstić information content (AvgIpc) is 3.08. The predicted octanol–water partition coefficient (Wildman–Crippen LogP) is 3.93. The summed E-state index contributed by atoms with van der Waals surface area (Å²) in [6.45, 7) is 6.10. The van der Waals surface area contributed by atoms with Crippen LogP contribution in [0.25, 0.3) is 11.5 Å². The minimum absolute atomic E-state index is 0.131. The first-order valence-corrected chi connectivity index (χ1v) is 7.74. The molecule has 0 aliphatic rings. The normalized spacial score (nSPS) is 12.0. The molecule has 1 aromatic carbocycles. The molecule has 0 fully saturated rings. The zero-order valence-corrected chi connectivity index (χ0v) is 14.2. The molecule has 0 aliphatic carbocycles. The van der Waals surface area contributed by atoms with E-state index in [1.165, 1.54) is 11.1 Å². The highest BCUT2D eigenvalue weighted by molar-refractivity contribution is 5.55. The molecular weight excluding hydrogens is 304 g/mol. The van der Waals surface area contributed by atoms with Crippen molar-refractivity contribution in [2.24, 2.45) is 0 Å². The second-order valence-corrected chi connectivity index (χ2v) is 5.70. The summed E-state index contributed by atoms with van der Waals surface area (Å²) in [6, 6.07) is 9.66. The summed E-state index contributed by atoms with van der Waals surface area (Å²) < 4.78 is 10.9. The maximum absolute atomic E-state index is 5.81. The number of methoxy groups -OCH3 is 1. The minimum atomic E-state index is -0.131.